The Bertz CT molecular complexity index is 498. The molecule has 0 unspecified atom stereocenters. The topological polar surface area (TPSA) is 72.5 Å². The van der Waals surface area contributed by atoms with E-state index in [1.54, 1.807) is 12.1 Å². The van der Waals surface area contributed by atoms with Crippen molar-refractivity contribution in [3.8, 4) is 0 Å². The lowest BCUT2D eigenvalue weighted by Gasteiger charge is -2.04. The van der Waals surface area contributed by atoms with Crippen LogP contribution in [0.4, 0.5) is 4.79 Å². The lowest BCUT2D eigenvalue weighted by molar-refractivity contribution is 0.171. The summed E-state index contributed by atoms with van der Waals surface area (Å²) in [6, 6.07) is 6.33. The van der Waals surface area contributed by atoms with Crippen LogP contribution in [0.25, 0.3) is 0 Å². The van der Waals surface area contributed by atoms with Gasteiger partial charge in [0.05, 0.1) is 12.0 Å². The van der Waals surface area contributed by atoms with Gasteiger partial charge in [0.2, 0.25) is 0 Å². The third-order valence-electron chi connectivity index (χ3n) is 2.30. The Balaban J connectivity index is 2.43. The number of benzene rings is 1. The predicted molar refractivity (Wildman–Crippen MR) is 68.2 cm³/mol. The van der Waals surface area contributed by atoms with Gasteiger partial charge in [-0.2, -0.15) is 0 Å². The van der Waals surface area contributed by atoms with Crippen molar-refractivity contribution in [3.05, 3.63) is 29.8 Å². The normalized spacial score (nSPS) is 11.0. The molecule has 0 aliphatic heterocycles. The minimum absolute atomic E-state index is 0.0839. The molecule has 0 radical (unpaired) electrons. The van der Waals surface area contributed by atoms with E-state index in [1.165, 1.54) is 19.2 Å². The summed E-state index contributed by atoms with van der Waals surface area (Å²) in [5.74, 6) is 0. The molecule has 0 fully saturated rings. The number of carbonyl (C=O) groups is 1. The second-order valence-corrected chi connectivity index (χ2v) is 6.17. The van der Waals surface area contributed by atoms with E-state index in [0.29, 0.717) is 6.54 Å². The van der Waals surface area contributed by atoms with Gasteiger partial charge in [-0.25, -0.2) is 13.2 Å². The molecule has 1 N–H and O–H groups in total. The molecular weight excluding hydrogens is 278 g/mol. The molecule has 0 spiro atoms. The van der Waals surface area contributed by atoms with Crippen LogP contribution in [0.2, 0.25) is 0 Å². The molecule has 1 aromatic carbocycles. The van der Waals surface area contributed by atoms with Gasteiger partial charge < -0.3 is 10.1 Å². The highest BCUT2D eigenvalue weighted by Gasteiger charge is 2.08. The van der Waals surface area contributed by atoms with Crippen molar-refractivity contribution in [3.63, 3.8) is 0 Å². The maximum atomic E-state index is 11.0. The van der Waals surface area contributed by atoms with E-state index >= 15 is 0 Å². The quantitative estimate of drug-likeness (QED) is 0.664. The van der Waals surface area contributed by atoms with Gasteiger partial charge >= 0.3 is 6.09 Å². The molecule has 0 saturated carbocycles. The third-order valence-corrected chi connectivity index (χ3v) is 3.67. The van der Waals surface area contributed by atoms with Gasteiger partial charge in [0.15, 0.2) is 0 Å². The molecule has 0 aliphatic carbocycles. The molecule has 0 heterocycles. The van der Waals surface area contributed by atoms with Crippen LogP contribution in [0.3, 0.4) is 0 Å². The number of halogens is 1. The molecule has 0 saturated heterocycles. The van der Waals surface area contributed by atoms with Crippen LogP contribution >= 0.6 is 10.7 Å². The first-order valence-electron chi connectivity index (χ1n) is 5.29. The highest BCUT2D eigenvalue weighted by molar-refractivity contribution is 8.13. The van der Waals surface area contributed by atoms with E-state index in [-0.39, 0.29) is 4.90 Å². The number of nitrogens with one attached hydrogen (secondary N) is 1. The highest BCUT2D eigenvalue weighted by Crippen LogP contribution is 2.15. The minimum atomic E-state index is -3.66. The van der Waals surface area contributed by atoms with E-state index in [4.69, 9.17) is 10.7 Å². The molecule has 100 valence electrons. The van der Waals surface area contributed by atoms with E-state index in [2.05, 4.69) is 10.1 Å². The van der Waals surface area contributed by atoms with Crippen molar-refractivity contribution >= 4 is 25.8 Å². The van der Waals surface area contributed by atoms with E-state index in [0.717, 1.165) is 18.4 Å². The maximum absolute atomic E-state index is 11.0. The van der Waals surface area contributed by atoms with E-state index < -0.39 is 15.1 Å². The second-order valence-electron chi connectivity index (χ2n) is 3.60. The molecule has 18 heavy (non-hydrogen) atoms. The molecule has 0 atom stereocenters. The lowest BCUT2D eigenvalue weighted by Crippen LogP contribution is -2.24. The number of carbonyl (C=O) groups excluding carboxylic acids is 1. The number of aryl methyl sites for hydroxylation is 1. The molecule has 0 aromatic heterocycles. The Morgan fingerprint density at radius 3 is 2.44 bits per heavy atom. The number of rotatable bonds is 5. The average Bonchev–Trinajstić information content (AvgIpc) is 2.33. The lowest BCUT2D eigenvalue weighted by atomic mass is 10.1. The zero-order chi connectivity index (χ0) is 13.6. The Labute approximate surface area is 111 Å². The Morgan fingerprint density at radius 2 is 1.94 bits per heavy atom. The standard InChI is InChI=1S/C11H14ClNO4S/c1-17-11(14)13-8-2-3-9-4-6-10(7-5-9)18(12,15)16/h4-7H,2-3,8H2,1H3,(H,13,14). The molecule has 7 heteroatoms. The first kappa shape index (κ1) is 14.8. The molecule has 0 bridgehead atoms. The maximum Gasteiger partial charge on any atom is 0.406 e. The summed E-state index contributed by atoms with van der Waals surface area (Å²) >= 11 is 0. The monoisotopic (exact) mass is 291 g/mol. The summed E-state index contributed by atoms with van der Waals surface area (Å²) in [5.41, 5.74) is 0.978. The molecular formula is C11H14ClNO4S. The summed E-state index contributed by atoms with van der Waals surface area (Å²) < 4.78 is 26.5. The van der Waals surface area contributed by atoms with Crippen LogP contribution in [0, 0.1) is 0 Å². The van der Waals surface area contributed by atoms with Gasteiger partial charge in [0.1, 0.15) is 0 Å². The van der Waals surface area contributed by atoms with Crippen LogP contribution < -0.4 is 5.32 Å². The summed E-state index contributed by atoms with van der Waals surface area (Å²) in [6.07, 6.45) is 1.01. The summed E-state index contributed by atoms with van der Waals surface area (Å²) in [4.78, 5) is 10.8. The fourth-order valence-corrected chi connectivity index (χ4v) is 2.14. The minimum Gasteiger partial charge on any atom is -0.453 e. The van der Waals surface area contributed by atoms with Crippen LogP contribution in [0.5, 0.6) is 0 Å². The van der Waals surface area contributed by atoms with Gasteiger partial charge in [-0.3, -0.25) is 0 Å². The van der Waals surface area contributed by atoms with Crippen molar-refractivity contribution in [2.24, 2.45) is 0 Å². The van der Waals surface area contributed by atoms with Crippen molar-refractivity contribution in [2.75, 3.05) is 13.7 Å². The molecule has 0 aliphatic rings. The smallest absolute Gasteiger partial charge is 0.406 e. The molecule has 1 rings (SSSR count). The fraction of sp³-hybridized carbons (Fsp3) is 0.364. The number of ether oxygens (including phenoxy) is 1. The van der Waals surface area contributed by atoms with Crippen molar-refractivity contribution in [1.82, 2.24) is 5.32 Å². The van der Waals surface area contributed by atoms with E-state index in [9.17, 15) is 13.2 Å². The van der Waals surface area contributed by atoms with Gasteiger partial charge in [-0.15, -0.1) is 0 Å². The largest absolute Gasteiger partial charge is 0.453 e. The fourth-order valence-electron chi connectivity index (χ4n) is 1.37. The van der Waals surface area contributed by atoms with Crippen LogP contribution in [0.1, 0.15) is 12.0 Å². The molecule has 5 nitrogen and oxygen atoms in total. The zero-order valence-corrected chi connectivity index (χ0v) is 11.4. The predicted octanol–water partition coefficient (Wildman–Crippen LogP) is 1.90. The Morgan fingerprint density at radius 1 is 1.33 bits per heavy atom. The first-order chi connectivity index (χ1) is 8.43. The summed E-state index contributed by atoms with van der Waals surface area (Å²) in [6.45, 7) is 0.502. The average molecular weight is 292 g/mol. The van der Waals surface area contributed by atoms with Gasteiger partial charge in [-0.1, -0.05) is 12.1 Å². The SMILES string of the molecule is COC(=O)NCCCc1ccc(S(=O)(=O)Cl)cc1. The van der Waals surface area contributed by atoms with Crippen molar-refractivity contribution < 1.29 is 17.9 Å². The van der Waals surface area contributed by atoms with Crippen LogP contribution in [0.15, 0.2) is 29.2 Å². The highest BCUT2D eigenvalue weighted by atomic mass is 35.7. The van der Waals surface area contributed by atoms with Crippen LogP contribution in [-0.4, -0.2) is 28.2 Å². The van der Waals surface area contributed by atoms with Crippen molar-refractivity contribution in [2.45, 2.75) is 17.7 Å². The van der Waals surface area contributed by atoms with Gasteiger partial charge in [0, 0.05) is 17.2 Å². The Hall–Kier alpha value is -1.27. The third kappa shape index (κ3) is 4.93. The summed E-state index contributed by atoms with van der Waals surface area (Å²) in [5, 5.41) is 2.56. The molecule has 1 aromatic rings. The van der Waals surface area contributed by atoms with Gasteiger partial charge in [0.25, 0.3) is 9.05 Å². The molecule has 1 amide bonds. The Kier molecular flexibility index (Phi) is 5.43. The van der Waals surface area contributed by atoms with Crippen LogP contribution in [-0.2, 0) is 20.2 Å². The van der Waals surface area contributed by atoms with E-state index in [1.807, 2.05) is 0 Å². The summed E-state index contributed by atoms with van der Waals surface area (Å²) in [7, 11) is 2.84. The number of hydrogen-bond acceptors (Lipinski definition) is 4. The van der Waals surface area contributed by atoms with Gasteiger partial charge in [-0.05, 0) is 30.5 Å². The number of hydrogen-bond donors (Lipinski definition) is 1. The number of alkyl carbamates (subject to hydrolysis) is 1. The number of amides is 1. The zero-order valence-electron chi connectivity index (χ0n) is 9.85. The first-order valence-corrected chi connectivity index (χ1v) is 7.60. The number of methoxy groups -OCH3 is 1. The van der Waals surface area contributed by atoms with Crippen molar-refractivity contribution in [1.29, 1.82) is 0 Å². The second kappa shape index (κ2) is 6.61.